The number of alkyl halides is 17. The molecule has 0 spiro atoms. The van der Waals surface area contributed by atoms with Crippen LogP contribution in [0.25, 0.3) is 0 Å². The van der Waals surface area contributed by atoms with E-state index in [0.29, 0.717) is 6.92 Å². The van der Waals surface area contributed by atoms with Gasteiger partial charge in [0.15, 0.2) is 0 Å². The molecule has 0 radical (unpaired) electrons. The van der Waals surface area contributed by atoms with E-state index in [1.807, 2.05) is 4.74 Å². The van der Waals surface area contributed by atoms with Crippen molar-refractivity contribution >= 4 is 0 Å². The molecule has 0 saturated carbocycles. The molecule has 0 aliphatic carbocycles. The van der Waals surface area contributed by atoms with Crippen LogP contribution in [0.1, 0.15) is 13.3 Å². The van der Waals surface area contributed by atoms with E-state index in [1.54, 1.807) is 0 Å². The van der Waals surface area contributed by atoms with Gasteiger partial charge in [0, 0.05) is 13.0 Å². The van der Waals surface area contributed by atoms with Crippen LogP contribution in [0.3, 0.4) is 0 Å². The highest BCUT2D eigenvalue weighted by atomic mass is 19.4. The highest BCUT2D eigenvalue weighted by Crippen LogP contribution is 2.61. The Morgan fingerprint density at radius 2 is 1.15 bits per heavy atom. The van der Waals surface area contributed by atoms with Gasteiger partial charge in [-0.25, -0.2) is 9.47 Å². The molecule has 0 bridgehead atoms. The summed E-state index contributed by atoms with van der Waals surface area (Å²) in [6.07, 6.45) is -42.3. The van der Waals surface area contributed by atoms with Gasteiger partial charge in [-0.2, -0.15) is 48.3 Å². The third-order valence-corrected chi connectivity index (χ3v) is 4.10. The molecule has 204 valence electrons. The van der Waals surface area contributed by atoms with Crippen molar-refractivity contribution < 1.29 is 93.6 Å². The van der Waals surface area contributed by atoms with E-state index in [4.69, 9.17) is 0 Å². The fourth-order valence-electron chi connectivity index (χ4n) is 2.94. The van der Waals surface area contributed by atoms with Crippen LogP contribution in [-0.4, -0.2) is 61.5 Å². The van der Waals surface area contributed by atoms with Gasteiger partial charge < -0.3 is 9.47 Å². The van der Waals surface area contributed by atoms with Crippen molar-refractivity contribution in [3.63, 3.8) is 0 Å². The quantitative estimate of drug-likeness (QED) is 0.367. The molecule has 1 fully saturated rings. The first-order chi connectivity index (χ1) is 14.7. The molecule has 1 aliphatic rings. The van der Waals surface area contributed by atoms with E-state index in [9.17, 15) is 74.6 Å². The molecule has 21 heteroatoms. The fraction of sp³-hybridized carbons (Fsp3) is 1.00. The summed E-state index contributed by atoms with van der Waals surface area (Å²) in [7, 11) is 0. The molecule has 0 aromatic heterocycles. The zero-order valence-electron chi connectivity index (χ0n) is 15.6. The van der Waals surface area contributed by atoms with Crippen LogP contribution in [0.4, 0.5) is 74.6 Å². The van der Waals surface area contributed by atoms with Gasteiger partial charge in [0.05, 0.1) is 5.92 Å². The Bertz CT molecular complexity index is 709. The minimum absolute atomic E-state index is 0.462. The Morgan fingerprint density at radius 3 is 1.44 bits per heavy atom. The summed E-state index contributed by atoms with van der Waals surface area (Å²) >= 11 is 0. The molecule has 4 nitrogen and oxygen atoms in total. The van der Waals surface area contributed by atoms with Crippen LogP contribution in [-0.2, 0) is 18.9 Å². The SMILES string of the molecule is CCOC1(C(F)(OC(F)(F)F)C(F)(F)F)CC(C(F)(F)F)C(C(F)(OC(F)(F)F)C(F)(F)F)O1. The third-order valence-electron chi connectivity index (χ3n) is 4.10. The predicted octanol–water partition coefficient (Wildman–Crippen LogP) is 6.22. The molecular formula is C13H9F17O4. The Hall–Kier alpha value is -1.35. The summed E-state index contributed by atoms with van der Waals surface area (Å²) in [5, 5.41) is 0. The second-order valence-corrected chi connectivity index (χ2v) is 6.41. The molecule has 5 unspecified atom stereocenters. The van der Waals surface area contributed by atoms with Crippen molar-refractivity contribution in [1.82, 2.24) is 0 Å². The van der Waals surface area contributed by atoms with Gasteiger partial charge in [-0.1, -0.05) is 0 Å². The van der Waals surface area contributed by atoms with E-state index >= 15 is 0 Å². The maximum absolute atomic E-state index is 14.7. The lowest BCUT2D eigenvalue weighted by molar-refractivity contribution is -0.520. The molecule has 1 saturated heterocycles. The summed E-state index contributed by atoms with van der Waals surface area (Å²) < 4.78 is 234. The molecule has 1 aliphatic heterocycles. The molecule has 5 atom stereocenters. The van der Waals surface area contributed by atoms with Crippen molar-refractivity contribution in [2.45, 2.75) is 68.2 Å². The van der Waals surface area contributed by atoms with Crippen LogP contribution in [0.5, 0.6) is 0 Å². The smallest absolute Gasteiger partial charge is 0.345 e. The predicted molar refractivity (Wildman–Crippen MR) is 67.5 cm³/mol. The molecule has 0 aromatic rings. The summed E-state index contributed by atoms with van der Waals surface area (Å²) in [6, 6.07) is 0. The van der Waals surface area contributed by atoms with Crippen molar-refractivity contribution in [2.75, 3.05) is 6.61 Å². The van der Waals surface area contributed by atoms with Gasteiger partial charge in [0.25, 0.3) is 0 Å². The summed E-state index contributed by atoms with van der Waals surface area (Å²) in [4.78, 5) is 0. The molecule has 0 amide bonds. The fourth-order valence-corrected chi connectivity index (χ4v) is 2.94. The largest absolute Gasteiger partial charge is 0.525 e. The minimum Gasteiger partial charge on any atom is -0.345 e. The maximum Gasteiger partial charge on any atom is 0.525 e. The first kappa shape index (κ1) is 30.7. The molecule has 0 aromatic carbocycles. The van der Waals surface area contributed by atoms with E-state index in [-0.39, 0.29) is 0 Å². The lowest BCUT2D eigenvalue weighted by atomic mass is 9.90. The molecular weight excluding hydrogens is 543 g/mol. The van der Waals surface area contributed by atoms with Crippen molar-refractivity contribution in [1.29, 1.82) is 0 Å². The number of hydrogen-bond donors (Lipinski definition) is 0. The summed E-state index contributed by atoms with van der Waals surface area (Å²) in [6.45, 7) is -1.09. The zero-order chi connectivity index (χ0) is 27.4. The van der Waals surface area contributed by atoms with Gasteiger partial charge in [-0.05, 0) is 6.92 Å². The monoisotopic (exact) mass is 552 g/mol. The highest BCUT2D eigenvalue weighted by Gasteiger charge is 2.83. The van der Waals surface area contributed by atoms with Crippen LogP contribution < -0.4 is 0 Å². The normalized spacial score (nSPS) is 29.1. The minimum atomic E-state index is -7.18. The maximum atomic E-state index is 14.7. The van der Waals surface area contributed by atoms with Crippen molar-refractivity contribution in [3.05, 3.63) is 0 Å². The molecule has 1 rings (SSSR count). The average Bonchev–Trinajstić information content (AvgIpc) is 2.92. The Morgan fingerprint density at radius 1 is 0.706 bits per heavy atom. The summed E-state index contributed by atoms with van der Waals surface area (Å²) in [5.41, 5.74) is 0. The Kier molecular flexibility index (Phi) is 7.80. The number of hydrogen-bond acceptors (Lipinski definition) is 4. The lowest BCUT2D eigenvalue weighted by Gasteiger charge is -2.42. The van der Waals surface area contributed by atoms with E-state index in [2.05, 4.69) is 14.2 Å². The second kappa shape index (κ2) is 8.64. The van der Waals surface area contributed by atoms with Gasteiger partial charge in [-0.15, -0.1) is 26.3 Å². The van der Waals surface area contributed by atoms with Crippen molar-refractivity contribution in [2.24, 2.45) is 5.92 Å². The number of ether oxygens (including phenoxy) is 4. The van der Waals surface area contributed by atoms with Gasteiger partial charge in [0.2, 0.25) is 5.79 Å². The molecule has 34 heavy (non-hydrogen) atoms. The first-order valence-corrected chi connectivity index (χ1v) is 8.09. The average molecular weight is 552 g/mol. The van der Waals surface area contributed by atoms with Crippen LogP contribution in [0, 0.1) is 5.92 Å². The first-order valence-electron chi connectivity index (χ1n) is 8.09. The van der Waals surface area contributed by atoms with E-state index < -0.39 is 73.8 Å². The van der Waals surface area contributed by atoms with E-state index in [1.165, 1.54) is 0 Å². The van der Waals surface area contributed by atoms with Crippen LogP contribution in [0.15, 0.2) is 0 Å². The lowest BCUT2D eigenvalue weighted by Crippen LogP contribution is -2.65. The van der Waals surface area contributed by atoms with Gasteiger partial charge in [0.1, 0.15) is 6.10 Å². The topological polar surface area (TPSA) is 36.9 Å². The molecule has 0 N–H and O–H groups in total. The van der Waals surface area contributed by atoms with Crippen LogP contribution >= 0.6 is 0 Å². The standard InChI is InChI=1S/C13H9F17O4/c1-2-31-6(9(18,11(22,23)24)34-13(28,29)30)3-4(8(15,16)17)5(32-6)7(14,10(19,20)21)33-12(25,26)27/h4-5H,2-3H2,1H3. The van der Waals surface area contributed by atoms with E-state index in [0.717, 1.165) is 0 Å². The second-order valence-electron chi connectivity index (χ2n) is 6.41. The summed E-state index contributed by atoms with van der Waals surface area (Å²) in [5.74, 6) is -23.1. The number of rotatable bonds is 6. The third kappa shape index (κ3) is 5.89. The molecule has 1 heterocycles. The zero-order valence-corrected chi connectivity index (χ0v) is 15.6. The van der Waals surface area contributed by atoms with Crippen LogP contribution in [0.2, 0.25) is 0 Å². The Labute approximate surface area is 175 Å². The van der Waals surface area contributed by atoms with Gasteiger partial charge >= 0.3 is 43.0 Å². The highest BCUT2D eigenvalue weighted by molar-refractivity contribution is 5.08. The van der Waals surface area contributed by atoms with Gasteiger partial charge in [-0.3, -0.25) is 0 Å². The Balaban J connectivity index is 3.92. The number of halogens is 17. The van der Waals surface area contributed by atoms with Crippen molar-refractivity contribution in [3.8, 4) is 0 Å².